The molecule has 0 saturated carbocycles. The summed E-state index contributed by atoms with van der Waals surface area (Å²) in [6.07, 6.45) is 8.67. The van der Waals surface area contributed by atoms with Crippen molar-refractivity contribution >= 4 is 0 Å². The van der Waals surface area contributed by atoms with Crippen LogP contribution in [0, 0.1) is 0 Å². The molecule has 5 nitrogen and oxygen atoms in total. The highest BCUT2D eigenvalue weighted by molar-refractivity contribution is 5.53. The van der Waals surface area contributed by atoms with Crippen molar-refractivity contribution in [2.24, 2.45) is 0 Å². The van der Waals surface area contributed by atoms with Gasteiger partial charge >= 0.3 is 0 Å². The van der Waals surface area contributed by atoms with E-state index in [1.807, 2.05) is 24.3 Å². The minimum absolute atomic E-state index is 0.541. The van der Waals surface area contributed by atoms with Crippen LogP contribution in [0.3, 0.4) is 0 Å². The van der Waals surface area contributed by atoms with Gasteiger partial charge in [0.1, 0.15) is 5.75 Å². The number of nitrogens with one attached hydrogen (secondary N) is 1. The Morgan fingerprint density at radius 3 is 2.78 bits per heavy atom. The molecule has 3 rings (SSSR count). The lowest BCUT2D eigenvalue weighted by atomic mass is 9.97. The van der Waals surface area contributed by atoms with Gasteiger partial charge in [0.15, 0.2) is 0 Å². The number of rotatable bonds is 7. The van der Waals surface area contributed by atoms with Gasteiger partial charge in [-0.3, -0.25) is 0 Å². The van der Waals surface area contributed by atoms with Crippen molar-refractivity contribution in [3.8, 4) is 17.2 Å². The Balaban J connectivity index is 1.47. The van der Waals surface area contributed by atoms with E-state index in [0.29, 0.717) is 18.3 Å². The fourth-order valence-electron chi connectivity index (χ4n) is 2.75. The molecule has 1 aromatic carbocycles. The first-order valence-electron chi connectivity index (χ1n) is 8.20. The third-order valence-corrected chi connectivity index (χ3v) is 4.09. The van der Waals surface area contributed by atoms with Gasteiger partial charge in [-0.15, -0.1) is 10.2 Å². The van der Waals surface area contributed by atoms with E-state index in [2.05, 4.69) is 21.6 Å². The standard InChI is InChI=1S/C18H23N3O2/c1-22-16-9-7-15(8-10-16)18-21-20-17(23-18)13-19-12-11-14-5-3-2-4-6-14/h5,7-10,19H,2-4,6,11-13H2,1H3. The summed E-state index contributed by atoms with van der Waals surface area (Å²) in [4.78, 5) is 0. The number of aromatic nitrogens is 2. The van der Waals surface area contributed by atoms with Gasteiger partial charge in [-0.05, 0) is 62.9 Å². The van der Waals surface area contributed by atoms with Crippen molar-refractivity contribution in [1.82, 2.24) is 15.5 Å². The van der Waals surface area contributed by atoms with Gasteiger partial charge in [-0.2, -0.15) is 0 Å². The third-order valence-electron chi connectivity index (χ3n) is 4.09. The maximum atomic E-state index is 5.70. The molecule has 23 heavy (non-hydrogen) atoms. The topological polar surface area (TPSA) is 60.2 Å². The number of hydrogen-bond donors (Lipinski definition) is 1. The second kappa shape index (κ2) is 7.92. The van der Waals surface area contributed by atoms with Crippen LogP contribution in [0.15, 0.2) is 40.3 Å². The number of nitrogens with zero attached hydrogens (tertiary/aromatic N) is 2. The molecule has 1 heterocycles. The number of benzene rings is 1. The summed E-state index contributed by atoms with van der Waals surface area (Å²) >= 11 is 0. The van der Waals surface area contributed by atoms with Crippen LogP contribution >= 0.6 is 0 Å². The first-order chi connectivity index (χ1) is 11.3. The van der Waals surface area contributed by atoms with Crippen molar-refractivity contribution in [3.05, 3.63) is 41.8 Å². The molecule has 0 aliphatic heterocycles. The Kier molecular flexibility index (Phi) is 5.42. The molecule has 0 amide bonds. The first-order valence-corrected chi connectivity index (χ1v) is 8.20. The molecule has 0 bridgehead atoms. The van der Waals surface area contributed by atoms with Gasteiger partial charge in [0.2, 0.25) is 11.8 Å². The smallest absolute Gasteiger partial charge is 0.247 e. The summed E-state index contributed by atoms with van der Waals surface area (Å²) in [5.74, 6) is 1.97. The predicted octanol–water partition coefficient (Wildman–Crippen LogP) is 3.73. The van der Waals surface area contributed by atoms with Crippen LogP contribution in [0.1, 0.15) is 38.0 Å². The van der Waals surface area contributed by atoms with Crippen LogP contribution < -0.4 is 10.1 Å². The van der Waals surface area contributed by atoms with Gasteiger partial charge in [0, 0.05) is 5.56 Å². The van der Waals surface area contributed by atoms with Gasteiger partial charge < -0.3 is 14.5 Å². The van der Waals surface area contributed by atoms with E-state index < -0.39 is 0 Å². The Labute approximate surface area is 136 Å². The molecule has 1 aliphatic carbocycles. The van der Waals surface area contributed by atoms with E-state index in [1.165, 1.54) is 25.7 Å². The lowest BCUT2D eigenvalue weighted by Gasteiger charge is -2.12. The molecule has 1 aliphatic rings. The molecule has 1 aromatic heterocycles. The molecular weight excluding hydrogens is 290 g/mol. The minimum Gasteiger partial charge on any atom is -0.497 e. The van der Waals surface area contributed by atoms with Crippen LogP contribution in [0.25, 0.3) is 11.5 Å². The Morgan fingerprint density at radius 2 is 2.04 bits per heavy atom. The van der Waals surface area contributed by atoms with Gasteiger partial charge in [-0.1, -0.05) is 11.6 Å². The first kappa shape index (κ1) is 15.7. The zero-order chi connectivity index (χ0) is 15.9. The average molecular weight is 313 g/mol. The summed E-state index contributed by atoms with van der Waals surface area (Å²) < 4.78 is 10.8. The monoisotopic (exact) mass is 313 g/mol. The highest BCUT2D eigenvalue weighted by Gasteiger charge is 2.09. The summed E-state index contributed by atoms with van der Waals surface area (Å²) in [6.45, 7) is 1.56. The molecule has 0 unspecified atom stereocenters. The number of methoxy groups -OCH3 is 1. The molecular formula is C18H23N3O2. The number of hydrogen-bond acceptors (Lipinski definition) is 5. The average Bonchev–Trinajstić information content (AvgIpc) is 3.09. The summed E-state index contributed by atoms with van der Waals surface area (Å²) in [7, 11) is 1.65. The molecule has 0 atom stereocenters. The van der Waals surface area contributed by atoms with E-state index in [9.17, 15) is 0 Å². The molecule has 0 spiro atoms. The third kappa shape index (κ3) is 4.42. The quantitative estimate of drug-likeness (QED) is 0.623. The van der Waals surface area contributed by atoms with Gasteiger partial charge in [0.25, 0.3) is 0 Å². The maximum Gasteiger partial charge on any atom is 0.247 e. The van der Waals surface area contributed by atoms with Crippen LogP contribution in [0.2, 0.25) is 0 Å². The lowest BCUT2D eigenvalue weighted by molar-refractivity contribution is 0.415. The van der Waals surface area contributed by atoms with Crippen LogP contribution in [0.4, 0.5) is 0 Å². The van der Waals surface area contributed by atoms with E-state index >= 15 is 0 Å². The second-order valence-corrected chi connectivity index (χ2v) is 5.76. The van der Waals surface area contributed by atoms with E-state index in [-0.39, 0.29) is 0 Å². The SMILES string of the molecule is COc1ccc(-c2nnc(CNCCC3=CCCCC3)o2)cc1. The molecule has 5 heteroatoms. The Bertz CT molecular complexity index is 647. The fraction of sp³-hybridized carbons (Fsp3) is 0.444. The highest BCUT2D eigenvalue weighted by Crippen LogP contribution is 2.21. The normalized spacial score (nSPS) is 14.6. The summed E-state index contributed by atoms with van der Waals surface area (Å²) in [6, 6.07) is 7.60. The summed E-state index contributed by atoms with van der Waals surface area (Å²) in [5.41, 5.74) is 2.48. The van der Waals surface area contributed by atoms with E-state index in [0.717, 1.165) is 24.3 Å². The number of ether oxygens (including phenoxy) is 1. The van der Waals surface area contributed by atoms with Crippen LogP contribution in [-0.4, -0.2) is 23.9 Å². The van der Waals surface area contributed by atoms with Crippen molar-refractivity contribution in [3.63, 3.8) is 0 Å². The van der Waals surface area contributed by atoms with Crippen LogP contribution in [-0.2, 0) is 6.54 Å². The molecule has 0 fully saturated rings. The van der Waals surface area contributed by atoms with Crippen molar-refractivity contribution in [1.29, 1.82) is 0 Å². The largest absolute Gasteiger partial charge is 0.497 e. The molecule has 1 N–H and O–H groups in total. The van der Waals surface area contributed by atoms with Gasteiger partial charge in [0.05, 0.1) is 13.7 Å². The van der Waals surface area contributed by atoms with Crippen molar-refractivity contribution in [2.75, 3.05) is 13.7 Å². The second-order valence-electron chi connectivity index (χ2n) is 5.76. The highest BCUT2D eigenvalue weighted by atomic mass is 16.5. The van der Waals surface area contributed by atoms with E-state index in [1.54, 1.807) is 12.7 Å². The molecule has 122 valence electrons. The minimum atomic E-state index is 0.541. The molecule has 0 radical (unpaired) electrons. The molecule has 0 saturated heterocycles. The lowest BCUT2D eigenvalue weighted by Crippen LogP contribution is -2.15. The maximum absolute atomic E-state index is 5.70. The van der Waals surface area contributed by atoms with Crippen molar-refractivity contribution < 1.29 is 9.15 Å². The molecule has 2 aromatic rings. The number of allylic oxidation sites excluding steroid dienone is 1. The Hall–Kier alpha value is -2.14. The predicted molar refractivity (Wildman–Crippen MR) is 89.2 cm³/mol. The zero-order valence-electron chi connectivity index (χ0n) is 13.5. The van der Waals surface area contributed by atoms with Crippen molar-refractivity contribution in [2.45, 2.75) is 38.6 Å². The van der Waals surface area contributed by atoms with E-state index in [4.69, 9.17) is 9.15 Å². The zero-order valence-corrected chi connectivity index (χ0v) is 13.5. The fourth-order valence-corrected chi connectivity index (χ4v) is 2.75. The van der Waals surface area contributed by atoms with Gasteiger partial charge in [-0.25, -0.2) is 0 Å². The Morgan fingerprint density at radius 1 is 1.17 bits per heavy atom. The van der Waals surface area contributed by atoms with Crippen LogP contribution in [0.5, 0.6) is 5.75 Å². The summed E-state index contributed by atoms with van der Waals surface area (Å²) in [5, 5.41) is 11.6.